The summed E-state index contributed by atoms with van der Waals surface area (Å²) in [6.07, 6.45) is 0.280. The predicted octanol–water partition coefficient (Wildman–Crippen LogP) is 3.35. The summed E-state index contributed by atoms with van der Waals surface area (Å²) in [5.74, 6) is 0.292. The van der Waals surface area contributed by atoms with Crippen LogP contribution in [0.25, 0.3) is 10.2 Å². The van der Waals surface area contributed by atoms with E-state index in [0.717, 1.165) is 21.5 Å². The van der Waals surface area contributed by atoms with Crippen LogP contribution in [0.3, 0.4) is 0 Å². The van der Waals surface area contributed by atoms with Gasteiger partial charge in [-0.2, -0.15) is 4.99 Å². The lowest BCUT2D eigenvalue weighted by atomic mass is 10.2. The predicted molar refractivity (Wildman–Crippen MR) is 121 cm³/mol. The number of aromatic nitrogens is 1. The molecule has 0 bridgehead atoms. The molecule has 3 rings (SSSR count). The van der Waals surface area contributed by atoms with Crippen molar-refractivity contribution in [1.82, 2.24) is 4.57 Å². The molecule has 0 fully saturated rings. The highest BCUT2D eigenvalue weighted by Crippen LogP contribution is 2.23. The zero-order valence-corrected chi connectivity index (χ0v) is 19.5. The molecule has 7 nitrogen and oxygen atoms in total. The lowest BCUT2D eigenvalue weighted by molar-refractivity contribution is -0.118. The van der Waals surface area contributed by atoms with Crippen molar-refractivity contribution in [3.63, 3.8) is 0 Å². The monoisotopic (exact) mass is 462 g/mol. The number of sulfone groups is 1. The second kappa shape index (κ2) is 10.2. The first-order valence-electron chi connectivity index (χ1n) is 9.87. The van der Waals surface area contributed by atoms with Gasteiger partial charge in [0.2, 0.25) is 5.91 Å². The molecule has 1 aromatic heterocycles. The number of thiazole rings is 1. The topological polar surface area (TPSA) is 87.0 Å². The van der Waals surface area contributed by atoms with Gasteiger partial charge >= 0.3 is 0 Å². The van der Waals surface area contributed by atoms with Crippen molar-refractivity contribution in [2.75, 3.05) is 26.6 Å². The Labute approximate surface area is 185 Å². The average Bonchev–Trinajstić information content (AvgIpc) is 3.08. The van der Waals surface area contributed by atoms with E-state index in [1.54, 1.807) is 38.5 Å². The number of fused-ring (bicyclic) bond motifs is 1. The van der Waals surface area contributed by atoms with Crippen LogP contribution in [-0.2, 0) is 25.9 Å². The number of hydrogen-bond donors (Lipinski definition) is 0. The van der Waals surface area contributed by atoms with Gasteiger partial charge in [-0.15, -0.1) is 0 Å². The van der Waals surface area contributed by atoms with Crippen molar-refractivity contribution in [2.45, 2.75) is 31.2 Å². The fourth-order valence-corrected chi connectivity index (χ4v) is 5.52. The molecule has 0 aliphatic rings. The molecule has 0 saturated heterocycles. The molecule has 0 aliphatic heterocycles. The van der Waals surface area contributed by atoms with E-state index in [-0.39, 0.29) is 29.4 Å². The summed E-state index contributed by atoms with van der Waals surface area (Å²) < 4.78 is 38.3. The third-order valence-corrected chi connectivity index (χ3v) is 7.67. The van der Waals surface area contributed by atoms with Gasteiger partial charge in [-0.25, -0.2) is 8.42 Å². The quantitative estimate of drug-likeness (QED) is 0.487. The second-order valence-electron chi connectivity index (χ2n) is 7.10. The first-order valence-corrected chi connectivity index (χ1v) is 12.3. The Morgan fingerprint density at radius 1 is 1.13 bits per heavy atom. The maximum absolute atomic E-state index is 12.5. The van der Waals surface area contributed by atoms with E-state index in [9.17, 15) is 13.2 Å². The highest BCUT2D eigenvalue weighted by Gasteiger charge is 2.15. The van der Waals surface area contributed by atoms with Gasteiger partial charge in [0.15, 0.2) is 14.6 Å². The molecular weight excluding hydrogens is 436 g/mol. The van der Waals surface area contributed by atoms with E-state index in [4.69, 9.17) is 9.47 Å². The first kappa shape index (κ1) is 23.2. The maximum atomic E-state index is 12.5. The van der Waals surface area contributed by atoms with Crippen molar-refractivity contribution in [1.29, 1.82) is 0 Å². The van der Waals surface area contributed by atoms with Crippen LogP contribution in [0.5, 0.6) is 5.75 Å². The van der Waals surface area contributed by atoms with Crippen LogP contribution in [0.1, 0.15) is 18.4 Å². The Kier molecular flexibility index (Phi) is 7.64. The minimum absolute atomic E-state index is 0.0624. The van der Waals surface area contributed by atoms with Crippen LogP contribution in [0, 0.1) is 6.92 Å². The molecular formula is C22H26N2O5S2. The van der Waals surface area contributed by atoms with Crippen molar-refractivity contribution >= 4 is 37.3 Å². The fourth-order valence-electron chi connectivity index (χ4n) is 3.10. The Bertz CT molecular complexity index is 1230. The summed E-state index contributed by atoms with van der Waals surface area (Å²) in [6, 6.07) is 12.4. The Balaban J connectivity index is 1.76. The summed E-state index contributed by atoms with van der Waals surface area (Å²) in [6.45, 7) is 2.93. The van der Waals surface area contributed by atoms with E-state index >= 15 is 0 Å². The third-order valence-electron chi connectivity index (χ3n) is 4.81. The molecule has 0 atom stereocenters. The summed E-state index contributed by atoms with van der Waals surface area (Å²) >= 11 is 1.39. The molecule has 0 spiro atoms. The molecule has 0 radical (unpaired) electrons. The molecule has 9 heteroatoms. The molecule has 1 amide bonds. The molecule has 0 N–H and O–H groups in total. The number of methoxy groups -OCH3 is 2. The number of benzene rings is 2. The molecule has 3 aromatic rings. The van der Waals surface area contributed by atoms with Crippen LogP contribution in [0.4, 0.5) is 0 Å². The summed E-state index contributed by atoms with van der Waals surface area (Å²) in [4.78, 5) is 17.6. The minimum Gasteiger partial charge on any atom is -0.497 e. The number of ether oxygens (including phenoxy) is 2. The number of nitrogens with zero attached hydrogens (tertiary/aromatic N) is 2. The van der Waals surface area contributed by atoms with Crippen molar-refractivity contribution in [3.8, 4) is 5.75 Å². The largest absolute Gasteiger partial charge is 0.497 e. The zero-order chi connectivity index (χ0) is 22.4. The van der Waals surface area contributed by atoms with Crippen LogP contribution in [-0.4, -0.2) is 45.5 Å². The lowest BCUT2D eigenvalue weighted by Crippen LogP contribution is -2.19. The smallest absolute Gasteiger partial charge is 0.248 e. The SMILES string of the molecule is COCCn1c(=NC(=O)CCCS(=O)(=O)c2ccc(C)cc2)sc2cc(OC)ccc21. The van der Waals surface area contributed by atoms with Crippen LogP contribution in [0.2, 0.25) is 0 Å². The maximum Gasteiger partial charge on any atom is 0.248 e. The Hall–Kier alpha value is -2.49. The number of rotatable bonds is 9. The number of amides is 1. The molecule has 166 valence electrons. The van der Waals surface area contributed by atoms with E-state index < -0.39 is 9.84 Å². The van der Waals surface area contributed by atoms with Crippen LogP contribution >= 0.6 is 11.3 Å². The highest BCUT2D eigenvalue weighted by atomic mass is 32.2. The molecule has 0 unspecified atom stereocenters. The molecule has 31 heavy (non-hydrogen) atoms. The van der Waals surface area contributed by atoms with Gasteiger partial charge in [0.25, 0.3) is 0 Å². The number of aryl methyl sites for hydroxylation is 1. The summed E-state index contributed by atoms with van der Waals surface area (Å²) in [5.41, 5.74) is 1.94. The standard InChI is InChI=1S/C22H26N2O5S2/c1-16-6-9-18(10-7-16)31(26,27)14-4-5-21(25)23-22-24(12-13-28-2)19-11-8-17(29-3)15-20(19)30-22/h6-11,15H,4-5,12-14H2,1-3H3. The van der Waals surface area contributed by atoms with E-state index in [1.807, 2.05) is 29.7 Å². The Morgan fingerprint density at radius 3 is 2.55 bits per heavy atom. The summed E-state index contributed by atoms with van der Waals surface area (Å²) in [7, 11) is -0.197. The van der Waals surface area contributed by atoms with Gasteiger partial charge in [0, 0.05) is 20.1 Å². The number of hydrogen-bond acceptors (Lipinski definition) is 6. The molecule has 2 aromatic carbocycles. The van der Waals surface area contributed by atoms with Crippen molar-refractivity contribution in [3.05, 3.63) is 52.8 Å². The van der Waals surface area contributed by atoms with Crippen molar-refractivity contribution < 1.29 is 22.7 Å². The highest BCUT2D eigenvalue weighted by molar-refractivity contribution is 7.91. The minimum atomic E-state index is -3.42. The average molecular weight is 463 g/mol. The first-order chi connectivity index (χ1) is 14.8. The van der Waals surface area contributed by atoms with Crippen LogP contribution in [0.15, 0.2) is 52.4 Å². The molecule has 0 aliphatic carbocycles. The third kappa shape index (κ3) is 5.81. The van der Waals surface area contributed by atoms with Gasteiger partial charge in [0.1, 0.15) is 5.75 Å². The van der Waals surface area contributed by atoms with Gasteiger partial charge < -0.3 is 14.0 Å². The van der Waals surface area contributed by atoms with Gasteiger partial charge in [-0.1, -0.05) is 29.0 Å². The molecule has 0 saturated carbocycles. The Morgan fingerprint density at radius 2 is 1.87 bits per heavy atom. The van der Waals surface area contributed by atoms with Crippen molar-refractivity contribution in [2.24, 2.45) is 4.99 Å². The molecule has 1 heterocycles. The summed E-state index contributed by atoms with van der Waals surface area (Å²) in [5, 5.41) is 0. The number of carbonyl (C=O) groups excluding carboxylic acids is 1. The van der Waals surface area contributed by atoms with E-state index in [2.05, 4.69) is 4.99 Å². The fraction of sp³-hybridized carbons (Fsp3) is 0.364. The van der Waals surface area contributed by atoms with E-state index in [1.165, 1.54) is 11.3 Å². The second-order valence-corrected chi connectivity index (χ2v) is 10.2. The normalized spacial score (nSPS) is 12.4. The van der Waals surface area contributed by atoms with E-state index in [0.29, 0.717) is 18.0 Å². The number of carbonyl (C=O) groups is 1. The van der Waals surface area contributed by atoms with Gasteiger partial charge in [0.05, 0.1) is 34.6 Å². The van der Waals surface area contributed by atoms with Crippen LogP contribution < -0.4 is 9.54 Å². The van der Waals surface area contributed by atoms with Gasteiger partial charge in [-0.05, 0) is 43.7 Å². The van der Waals surface area contributed by atoms with Gasteiger partial charge in [-0.3, -0.25) is 4.79 Å². The zero-order valence-electron chi connectivity index (χ0n) is 17.8. The lowest BCUT2D eigenvalue weighted by Gasteiger charge is -2.05.